The van der Waals surface area contributed by atoms with Crippen LogP contribution in [0.4, 0.5) is 0 Å². The van der Waals surface area contributed by atoms with Gasteiger partial charge < -0.3 is 4.74 Å². The molecule has 29 heavy (non-hydrogen) atoms. The van der Waals surface area contributed by atoms with E-state index in [0.717, 1.165) is 37.0 Å². The molecule has 160 valence electrons. The van der Waals surface area contributed by atoms with Crippen LogP contribution in [0.25, 0.3) is 0 Å². The van der Waals surface area contributed by atoms with Gasteiger partial charge in [-0.3, -0.25) is 4.79 Å². The predicted molar refractivity (Wildman–Crippen MR) is 115 cm³/mol. The highest BCUT2D eigenvalue weighted by Crippen LogP contribution is 2.67. The molecule has 0 radical (unpaired) electrons. The van der Waals surface area contributed by atoms with E-state index >= 15 is 0 Å². The number of ketones is 1. The number of ether oxygens (including phenoxy) is 1. The Morgan fingerprint density at radius 1 is 1.17 bits per heavy atom. The van der Waals surface area contributed by atoms with Crippen LogP contribution in [0, 0.1) is 40.4 Å². The molecule has 0 aromatic carbocycles. The summed E-state index contributed by atoms with van der Waals surface area (Å²) < 4.78 is 5.07. The molecule has 3 nitrogen and oxygen atoms in total. The van der Waals surface area contributed by atoms with Crippen molar-refractivity contribution >= 4 is 11.8 Å². The van der Waals surface area contributed by atoms with E-state index in [0.29, 0.717) is 29.6 Å². The van der Waals surface area contributed by atoms with Gasteiger partial charge in [-0.05, 0) is 98.4 Å². The summed E-state index contributed by atoms with van der Waals surface area (Å²) in [5.41, 5.74) is 2.09. The van der Waals surface area contributed by atoms with Gasteiger partial charge in [-0.1, -0.05) is 32.4 Å². The molecule has 4 aliphatic rings. The fourth-order valence-electron chi connectivity index (χ4n) is 8.02. The smallest absolute Gasteiger partial charge is 0.330 e. The van der Waals surface area contributed by atoms with Gasteiger partial charge in [-0.15, -0.1) is 0 Å². The minimum atomic E-state index is -0.214. The number of esters is 1. The van der Waals surface area contributed by atoms with E-state index in [4.69, 9.17) is 4.74 Å². The molecule has 0 N–H and O–H groups in total. The maximum absolute atomic E-state index is 12.0. The molecule has 3 heteroatoms. The molecule has 0 amide bonds. The Balaban J connectivity index is 1.52. The topological polar surface area (TPSA) is 43.4 Å². The fourth-order valence-corrected chi connectivity index (χ4v) is 8.02. The lowest BCUT2D eigenvalue weighted by Crippen LogP contribution is -2.50. The van der Waals surface area contributed by atoms with E-state index in [1.165, 1.54) is 37.7 Å². The maximum Gasteiger partial charge on any atom is 0.330 e. The van der Waals surface area contributed by atoms with Crippen LogP contribution in [0.5, 0.6) is 0 Å². The van der Waals surface area contributed by atoms with Crippen LogP contribution in [-0.4, -0.2) is 18.4 Å². The molecule has 0 saturated heterocycles. The first-order chi connectivity index (χ1) is 13.8. The van der Waals surface area contributed by atoms with E-state index < -0.39 is 0 Å². The van der Waals surface area contributed by atoms with E-state index in [1.807, 2.05) is 13.0 Å². The summed E-state index contributed by atoms with van der Waals surface area (Å²) >= 11 is 0. The standard InChI is InChI=1S/C26H38O3/c1-5-29-24(28)11-6-17(2)21-9-10-22-20-8-7-18-16-19(27)12-14-25(18,3)23(20)13-15-26(21,22)4/h6,11,16-17,20-23H,5,7-10,12-15H2,1-4H3/b11-6+/t17-,20+,21-,22?,23?,25+,26-/m1/s1. The Hall–Kier alpha value is -1.38. The first-order valence-corrected chi connectivity index (χ1v) is 11.9. The normalized spacial score (nSPS) is 42.6. The number of fused-ring (bicyclic) bond motifs is 5. The average molecular weight is 399 g/mol. The summed E-state index contributed by atoms with van der Waals surface area (Å²) in [6.45, 7) is 9.57. The predicted octanol–water partition coefficient (Wildman–Crippen LogP) is 5.89. The second-order valence-electron chi connectivity index (χ2n) is 10.7. The zero-order valence-corrected chi connectivity index (χ0v) is 18.7. The number of carbonyl (C=O) groups is 2. The highest BCUT2D eigenvalue weighted by molar-refractivity contribution is 5.91. The van der Waals surface area contributed by atoms with Crippen molar-refractivity contribution < 1.29 is 14.3 Å². The van der Waals surface area contributed by atoms with Gasteiger partial charge in [-0.2, -0.15) is 0 Å². The Kier molecular flexibility index (Phi) is 5.55. The van der Waals surface area contributed by atoms with Gasteiger partial charge in [-0.25, -0.2) is 4.79 Å². The second kappa shape index (κ2) is 7.71. The molecule has 0 aromatic heterocycles. The maximum atomic E-state index is 12.0. The van der Waals surface area contributed by atoms with Gasteiger partial charge in [0.15, 0.2) is 5.78 Å². The number of hydrogen-bond donors (Lipinski definition) is 0. The van der Waals surface area contributed by atoms with Crippen molar-refractivity contribution in [1.29, 1.82) is 0 Å². The highest BCUT2D eigenvalue weighted by atomic mass is 16.5. The highest BCUT2D eigenvalue weighted by Gasteiger charge is 2.59. The van der Waals surface area contributed by atoms with Crippen LogP contribution in [0.15, 0.2) is 23.8 Å². The third-order valence-corrected chi connectivity index (χ3v) is 9.49. The summed E-state index contributed by atoms with van der Waals surface area (Å²) in [7, 11) is 0. The van der Waals surface area contributed by atoms with E-state index in [1.54, 1.807) is 6.08 Å². The third-order valence-electron chi connectivity index (χ3n) is 9.49. The minimum Gasteiger partial charge on any atom is -0.463 e. The Morgan fingerprint density at radius 2 is 1.97 bits per heavy atom. The molecule has 4 aliphatic carbocycles. The molecule has 7 atom stereocenters. The zero-order valence-electron chi connectivity index (χ0n) is 18.7. The molecule has 3 saturated carbocycles. The van der Waals surface area contributed by atoms with Gasteiger partial charge in [0, 0.05) is 12.5 Å². The van der Waals surface area contributed by atoms with Gasteiger partial charge in [0.05, 0.1) is 6.61 Å². The van der Waals surface area contributed by atoms with Crippen LogP contribution in [0.3, 0.4) is 0 Å². The molecule has 0 heterocycles. The van der Waals surface area contributed by atoms with Crippen molar-refractivity contribution in [2.75, 3.05) is 6.61 Å². The molecule has 2 unspecified atom stereocenters. The summed E-state index contributed by atoms with van der Waals surface area (Å²) in [6.07, 6.45) is 15.1. The van der Waals surface area contributed by atoms with Crippen molar-refractivity contribution in [2.24, 2.45) is 40.4 Å². The first kappa shape index (κ1) is 20.9. The van der Waals surface area contributed by atoms with Gasteiger partial charge in [0.2, 0.25) is 0 Å². The molecule has 0 aromatic rings. The molecule has 4 rings (SSSR count). The van der Waals surface area contributed by atoms with Gasteiger partial charge >= 0.3 is 5.97 Å². The molecule has 3 fully saturated rings. The Bertz CT molecular complexity index is 734. The van der Waals surface area contributed by atoms with Crippen molar-refractivity contribution in [3.05, 3.63) is 23.8 Å². The molecular formula is C26H38O3. The minimum absolute atomic E-state index is 0.214. The van der Waals surface area contributed by atoms with Crippen molar-refractivity contribution in [3.63, 3.8) is 0 Å². The quantitative estimate of drug-likeness (QED) is 0.438. The average Bonchev–Trinajstić information content (AvgIpc) is 3.04. The number of carbonyl (C=O) groups excluding carboxylic acids is 2. The number of allylic oxidation sites excluding steroid dienone is 2. The van der Waals surface area contributed by atoms with Crippen molar-refractivity contribution in [1.82, 2.24) is 0 Å². The van der Waals surface area contributed by atoms with E-state index in [9.17, 15) is 9.59 Å². The summed E-state index contributed by atoms with van der Waals surface area (Å²) in [5, 5.41) is 0. The molecular weight excluding hydrogens is 360 g/mol. The van der Waals surface area contributed by atoms with Crippen molar-refractivity contribution in [2.45, 2.75) is 79.1 Å². The lowest BCUT2D eigenvalue weighted by Gasteiger charge is -2.58. The summed E-state index contributed by atoms with van der Waals surface area (Å²) in [4.78, 5) is 23.8. The second-order valence-corrected chi connectivity index (χ2v) is 10.7. The molecule has 0 aliphatic heterocycles. The van der Waals surface area contributed by atoms with Crippen LogP contribution < -0.4 is 0 Å². The van der Waals surface area contributed by atoms with Crippen molar-refractivity contribution in [3.8, 4) is 0 Å². The monoisotopic (exact) mass is 398 g/mol. The first-order valence-electron chi connectivity index (χ1n) is 11.9. The van der Waals surface area contributed by atoms with Gasteiger partial charge in [0.25, 0.3) is 0 Å². The van der Waals surface area contributed by atoms with Gasteiger partial charge in [0.1, 0.15) is 0 Å². The van der Waals surface area contributed by atoms with E-state index in [-0.39, 0.29) is 11.4 Å². The zero-order chi connectivity index (χ0) is 20.8. The fraction of sp³-hybridized carbons (Fsp3) is 0.769. The SMILES string of the molecule is CCOC(=O)/C=C/[C@@H](C)[C@H]1CCC2[C@@H]3CCC4=CC(=O)CC[C@]4(C)C3CC[C@@]21C. The van der Waals surface area contributed by atoms with E-state index in [2.05, 4.69) is 26.8 Å². The lowest BCUT2D eigenvalue weighted by molar-refractivity contribution is -0.137. The lowest BCUT2D eigenvalue weighted by atomic mass is 9.46. The third kappa shape index (κ3) is 3.43. The summed E-state index contributed by atoms with van der Waals surface area (Å²) in [6, 6.07) is 0. The van der Waals surface area contributed by atoms with Crippen LogP contribution in [0.2, 0.25) is 0 Å². The molecule has 0 spiro atoms. The van der Waals surface area contributed by atoms with Crippen LogP contribution >= 0.6 is 0 Å². The molecule has 0 bridgehead atoms. The Morgan fingerprint density at radius 3 is 2.72 bits per heavy atom. The van der Waals surface area contributed by atoms with Crippen LogP contribution in [0.1, 0.15) is 79.1 Å². The number of rotatable bonds is 4. The Labute approximate surface area is 176 Å². The summed E-state index contributed by atoms with van der Waals surface area (Å²) in [5.74, 6) is 3.53. The largest absolute Gasteiger partial charge is 0.463 e. The number of hydrogen-bond acceptors (Lipinski definition) is 3. The van der Waals surface area contributed by atoms with Crippen LogP contribution in [-0.2, 0) is 14.3 Å².